The zero-order valence-electron chi connectivity index (χ0n) is 14.6. The molecule has 0 saturated heterocycles. The fourth-order valence-corrected chi connectivity index (χ4v) is 2.44. The van der Waals surface area contributed by atoms with Crippen molar-refractivity contribution in [3.8, 4) is 5.75 Å². The van der Waals surface area contributed by atoms with Gasteiger partial charge in [-0.15, -0.1) is 0 Å². The molecule has 0 aliphatic heterocycles. The largest absolute Gasteiger partial charge is 0.491 e. The van der Waals surface area contributed by atoms with Crippen molar-refractivity contribution in [2.24, 2.45) is 0 Å². The molecule has 0 atom stereocenters. The summed E-state index contributed by atoms with van der Waals surface area (Å²) >= 11 is 10.9. The molecule has 5 nitrogen and oxygen atoms in total. The molecule has 2 rings (SSSR count). The number of rotatable bonds is 6. The van der Waals surface area contributed by atoms with Gasteiger partial charge in [-0.05, 0) is 54.7 Å². The molecule has 150 valence electrons. The molecule has 1 amide bonds. The fourth-order valence-electron chi connectivity index (χ4n) is 2.07. The molecule has 2 aromatic carbocycles. The van der Waals surface area contributed by atoms with Crippen LogP contribution in [0.3, 0.4) is 0 Å². The van der Waals surface area contributed by atoms with Gasteiger partial charge in [0.15, 0.2) is 5.11 Å². The minimum atomic E-state index is -4.53. The van der Waals surface area contributed by atoms with Gasteiger partial charge < -0.3 is 14.8 Å². The average molecular weight is 433 g/mol. The molecule has 0 unspecified atom stereocenters. The van der Waals surface area contributed by atoms with E-state index >= 15 is 0 Å². The standard InChI is InChI=1S/C18H16ClF3N2O3S/c1-26-8-9-27-13-5-2-11(3-6-13)16(25)24-17(28)23-15-10-12(18(20,21)22)4-7-14(15)19/h2-7,10H,8-9H2,1H3,(H2,23,24,25,28). The Hall–Kier alpha value is -2.36. The predicted molar refractivity (Wildman–Crippen MR) is 104 cm³/mol. The van der Waals surface area contributed by atoms with Gasteiger partial charge in [0, 0.05) is 12.7 Å². The van der Waals surface area contributed by atoms with Crippen LogP contribution in [0.1, 0.15) is 15.9 Å². The maximum Gasteiger partial charge on any atom is 0.416 e. The first-order chi connectivity index (χ1) is 13.2. The van der Waals surface area contributed by atoms with E-state index in [1.54, 1.807) is 19.2 Å². The van der Waals surface area contributed by atoms with Gasteiger partial charge in [0.25, 0.3) is 5.91 Å². The Balaban J connectivity index is 1.98. The second-order valence-corrected chi connectivity index (χ2v) is 6.28. The van der Waals surface area contributed by atoms with Gasteiger partial charge in [0.05, 0.1) is 22.9 Å². The van der Waals surface area contributed by atoms with Crippen LogP contribution in [-0.2, 0) is 10.9 Å². The third kappa shape index (κ3) is 6.36. The van der Waals surface area contributed by atoms with E-state index in [1.165, 1.54) is 12.1 Å². The SMILES string of the molecule is COCCOc1ccc(C(=O)NC(=S)Nc2cc(C(F)(F)F)ccc2Cl)cc1. The summed E-state index contributed by atoms with van der Waals surface area (Å²) in [5.74, 6) is 0.0223. The van der Waals surface area contributed by atoms with E-state index < -0.39 is 17.6 Å². The van der Waals surface area contributed by atoms with E-state index in [4.69, 9.17) is 33.3 Å². The number of thiocarbonyl (C=S) groups is 1. The molecule has 0 fully saturated rings. The van der Waals surface area contributed by atoms with Gasteiger partial charge in [-0.1, -0.05) is 11.6 Å². The second kappa shape index (κ2) is 9.72. The van der Waals surface area contributed by atoms with Crippen LogP contribution >= 0.6 is 23.8 Å². The van der Waals surface area contributed by atoms with Crippen molar-refractivity contribution in [1.29, 1.82) is 0 Å². The van der Waals surface area contributed by atoms with Gasteiger partial charge in [0.1, 0.15) is 12.4 Å². The lowest BCUT2D eigenvalue weighted by molar-refractivity contribution is -0.137. The third-order valence-corrected chi connectivity index (χ3v) is 3.98. The Bertz CT molecular complexity index is 845. The van der Waals surface area contributed by atoms with Crippen LogP contribution in [0.2, 0.25) is 5.02 Å². The first-order valence-corrected chi connectivity index (χ1v) is 8.70. The highest BCUT2D eigenvalue weighted by molar-refractivity contribution is 7.80. The molecule has 2 aromatic rings. The molecule has 0 aliphatic rings. The molecule has 10 heteroatoms. The van der Waals surface area contributed by atoms with Crippen LogP contribution in [-0.4, -0.2) is 31.3 Å². The number of benzene rings is 2. The highest BCUT2D eigenvalue weighted by Crippen LogP contribution is 2.33. The quantitative estimate of drug-likeness (QED) is 0.519. The van der Waals surface area contributed by atoms with Crippen molar-refractivity contribution in [3.05, 3.63) is 58.6 Å². The summed E-state index contributed by atoms with van der Waals surface area (Å²) in [5, 5.41) is 4.72. The van der Waals surface area contributed by atoms with E-state index in [-0.39, 0.29) is 15.8 Å². The molecule has 2 N–H and O–H groups in total. The van der Waals surface area contributed by atoms with Crippen LogP contribution in [0.4, 0.5) is 18.9 Å². The maximum atomic E-state index is 12.8. The number of methoxy groups -OCH3 is 1. The summed E-state index contributed by atoms with van der Waals surface area (Å²) in [5.41, 5.74) is -0.667. The van der Waals surface area contributed by atoms with Gasteiger partial charge in [0.2, 0.25) is 0 Å². The second-order valence-electron chi connectivity index (χ2n) is 5.47. The number of amides is 1. The Morgan fingerprint density at radius 1 is 1.14 bits per heavy atom. The molecule has 0 saturated carbocycles. The number of carbonyl (C=O) groups is 1. The number of alkyl halides is 3. The van der Waals surface area contributed by atoms with Gasteiger partial charge in [-0.3, -0.25) is 10.1 Å². The van der Waals surface area contributed by atoms with Crippen molar-refractivity contribution in [3.63, 3.8) is 0 Å². The summed E-state index contributed by atoms with van der Waals surface area (Å²) in [6, 6.07) is 9.02. The molecule has 28 heavy (non-hydrogen) atoms. The van der Waals surface area contributed by atoms with Gasteiger partial charge in [-0.2, -0.15) is 13.2 Å². The predicted octanol–water partition coefficient (Wildman–Crippen LogP) is 4.51. The lowest BCUT2D eigenvalue weighted by Gasteiger charge is -2.14. The van der Waals surface area contributed by atoms with Crippen LogP contribution < -0.4 is 15.4 Å². The smallest absolute Gasteiger partial charge is 0.416 e. The maximum absolute atomic E-state index is 12.8. The summed E-state index contributed by atoms with van der Waals surface area (Å²) in [4.78, 5) is 12.2. The number of halogens is 4. The Kier molecular flexibility index (Phi) is 7.61. The monoisotopic (exact) mass is 432 g/mol. The minimum absolute atomic E-state index is 0.0298. The Morgan fingerprint density at radius 3 is 2.43 bits per heavy atom. The number of carbonyl (C=O) groups excluding carboxylic acids is 1. The van der Waals surface area contributed by atoms with Gasteiger partial charge in [-0.25, -0.2) is 0 Å². The van der Waals surface area contributed by atoms with Crippen LogP contribution in [0.5, 0.6) is 5.75 Å². The zero-order chi connectivity index (χ0) is 20.7. The van der Waals surface area contributed by atoms with Crippen molar-refractivity contribution in [2.45, 2.75) is 6.18 Å². The summed E-state index contributed by atoms with van der Waals surface area (Å²) in [7, 11) is 1.56. The number of ether oxygens (including phenoxy) is 2. The van der Waals surface area contributed by atoms with E-state index in [0.29, 0.717) is 24.5 Å². The molecule has 0 spiro atoms. The van der Waals surface area contributed by atoms with Crippen molar-refractivity contribution in [2.75, 3.05) is 25.6 Å². The first-order valence-electron chi connectivity index (χ1n) is 7.91. The fraction of sp³-hybridized carbons (Fsp3) is 0.222. The van der Waals surface area contributed by atoms with E-state index in [1.807, 2.05) is 0 Å². The zero-order valence-corrected chi connectivity index (χ0v) is 16.2. The topological polar surface area (TPSA) is 59.6 Å². The van der Waals surface area contributed by atoms with Crippen LogP contribution in [0, 0.1) is 0 Å². The van der Waals surface area contributed by atoms with Gasteiger partial charge >= 0.3 is 6.18 Å². The van der Waals surface area contributed by atoms with E-state index in [0.717, 1.165) is 18.2 Å². The normalized spacial score (nSPS) is 11.0. The first kappa shape index (κ1) is 21.9. The highest BCUT2D eigenvalue weighted by Gasteiger charge is 2.31. The molecule has 0 radical (unpaired) electrons. The number of anilines is 1. The number of nitrogens with one attached hydrogen (secondary N) is 2. The minimum Gasteiger partial charge on any atom is -0.491 e. The molecular formula is C18H16ClF3N2O3S. The van der Waals surface area contributed by atoms with Crippen molar-refractivity contribution < 1.29 is 27.4 Å². The van der Waals surface area contributed by atoms with Crippen molar-refractivity contribution in [1.82, 2.24) is 5.32 Å². The van der Waals surface area contributed by atoms with Crippen LogP contribution in [0.15, 0.2) is 42.5 Å². The van der Waals surface area contributed by atoms with Crippen molar-refractivity contribution >= 4 is 40.5 Å². The lowest BCUT2D eigenvalue weighted by atomic mass is 10.2. The summed E-state index contributed by atoms with van der Waals surface area (Å²) in [6.07, 6.45) is -4.53. The molecule has 0 aliphatic carbocycles. The number of hydrogen-bond acceptors (Lipinski definition) is 4. The molecule has 0 bridgehead atoms. The molecule has 0 heterocycles. The van der Waals surface area contributed by atoms with E-state index in [2.05, 4.69) is 10.6 Å². The Labute approximate surface area is 169 Å². The lowest BCUT2D eigenvalue weighted by Crippen LogP contribution is -2.34. The Morgan fingerprint density at radius 2 is 1.82 bits per heavy atom. The number of hydrogen-bond donors (Lipinski definition) is 2. The highest BCUT2D eigenvalue weighted by atomic mass is 35.5. The third-order valence-electron chi connectivity index (χ3n) is 3.44. The molecular weight excluding hydrogens is 417 g/mol. The summed E-state index contributed by atoms with van der Waals surface area (Å²) in [6.45, 7) is 0.800. The van der Waals surface area contributed by atoms with Crippen LogP contribution in [0.25, 0.3) is 0 Å². The average Bonchev–Trinajstić information content (AvgIpc) is 2.63. The molecule has 0 aromatic heterocycles. The summed E-state index contributed by atoms with van der Waals surface area (Å²) < 4.78 is 48.7. The van der Waals surface area contributed by atoms with E-state index in [9.17, 15) is 18.0 Å².